The molecule has 4 rings (SSSR count). The minimum Gasteiger partial charge on any atom is -0.457 e. The number of ether oxygens (including phenoxy) is 1. The Morgan fingerprint density at radius 2 is 1.65 bits per heavy atom. The molecule has 0 saturated carbocycles. The average molecular weight is 373 g/mol. The van der Waals surface area contributed by atoms with Gasteiger partial charge in [0, 0.05) is 30.7 Å². The van der Waals surface area contributed by atoms with E-state index < -0.39 is 0 Å². The van der Waals surface area contributed by atoms with E-state index in [9.17, 15) is 4.79 Å². The Kier molecular flexibility index (Phi) is 5.84. The molecule has 2 aromatic rings. The Morgan fingerprint density at radius 3 is 2.35 bits per heavy atom. The lowest BCUT2D eigenvalue weighted by Crippen LogP contribution is -2.48. The number of rotatable bonds is 4. The van der Waals surface area contributed by atoms with Crippen LogP contribution in [0.2, 0.25) is 0 Å². The van der Waals surface area contributed by atoms with Crippen molar-refractivity contribution >= 4 is 18.3 Å². The van der Waals surface area contributed by atoms with E-state index in [4.69, 9.17) is 4.74 Å². The van der Waals surface area contributed by atoms with Gasteiger partial charge in [-0.3, -0.25) is 4.79 Å². The number of nitrogens with zero attached hydrogens (tertiary/aromatic N) is 1. The summed E-state index contributed by atoms with van der Waals surface area (Å²) >= 11 is 0. The molecular formula is C21H25ClN2O2. The molecule has 0 spiro atoms. The summed E-state index contributed by atoms with van der Waals surface area (Å²) in [6, 6.07) is 18.6. The molecule has 4 nitrogen and oxygen atoms in total. The number of hydrogen-bond donors (Lipinski definition) is 1. The molecule has 26 heavy (non-hydrogen) atoms. The molecule has 0 radical (unpaired) electrons. The van der Waals surface area contributed by atoms with Crippen LogP contribution in [0.1, 0.15) is 36.0 Å². The Bertz CT molecular complexity index is 741. The number of benzene rings is 2. The third-order valence-corrected chi connectivity index (χ3v) is 5.38. The van der Waals surface area contributed by atoms with Crippen molar-refractivity contribution in [2.45, 2.75) is 43.8 Å². The second-order valence-electron chi connectivity index (χ2n) is 7.12. The monoisotopic (exact) mass is 372 g/mol. The van der Waals surface area contributed by atoms with Crippen LogP contribution >= 0.6 is 12.4 Å². The van der Waals surface area contributed by atoms with Gasteiger partial charge in [-0.1, -0.05) is 24.3 Å². The lowest BCUT2D eigenvalue weighted by molar-refractivity contribution is 0.0681. The van der Waals surface area contributed by atoms with E-state index in [-0.39, 0.29) is 18.3 Å². The number of para-hydroxylation sites is 1. The van der Waals surface area contributed by atoms with Gasteiger partial charge in [0.2, 0.25) is 0 Å². The molecule has 5 heteroatoms. The van der Waals surface area contributed by atoms with Gasteiger partial charge in [-0.05, 0) is 56.0 Å². The fraction of sp³-hybridized carbons (Fsp3) is 0.381. The highest BCUT2D eigenvalue weighted by Crippen LogP contribution is 2.30. The van der Waals surface area contributed by atoms with Crippen molar-refractivity contribution < 1.29 is 9.53 Å². The van der Waals surface area contributed by atoms with Gasteiger partial charge < -0.3 is 15.0 Å². The van der Waals surface area contributed by atoms with E-state index in [0.717, 1.165) is 18.6 Å². The Morgan fingerprint density at radius 1 is 1.00 bits per heavy atom. The van der Waals surface area contributed by atoms with Crippen LogP contribution < -0.4 is 10.1 Å². The lowest BCUT2D eigenvalue weighted by Gasteiger charge is -2.35. The van der Waals surface area contributed by atoms with Gasteiger partial charge in [-0.15, -0.1) is 12.4 Å². The molecule has 2 fully saturated rings. The lowest BCUT2D eigenvalue weighted by atomic mass is 9.98. The summed E-state index contributed by atoms with van der Waals surface area (Å²) in [4.78, 5) is 14.9. The van der Waals surface area contributed by atoms with Gasteiger partial charge in [0.1, 0.15) is 11.5 Å². The van der Waals surface area contributed by atoms with Gasteiger partial charge in [-0.2, -0.15) is 0 Å². The van der Waals surface area contributed by atoms with Crippen molar-refractivity contribution in [2.75, 3.05) is 7.05 Å². The van der Waals surface area contributed by atoms with Crippen molar-refractivity contribution in [1.82, 2.24) is 10.2 Å². The summed E-state index contributed by atoms with van der Waals surface area (Å²) in [5.74, 6) is 1.54. The van der Waals surface area contributed by atoms with Crippen molar-refractivity contribution in [2.24, 2.45) is 0 Å². The first-order chi connectivity index (χ1) is 12.2. The van der Waals surface area contributed by atoms with Crippen LogP contribution in [-0.2, 0) is 0 Å². The van der Waals surface area contributed by atoms with Crippen LogP contribution in [0, 0.1) is 0 Å². The zero-order chi connectivity index (χ0) is 17.2. The highest BCUT2D eigenvalue weighted by molar-refractivity contribution is 5.94. The van der Waals surface area contributed by atoms with E-state index in [1.54, 1.807) is 0 Å². The maximum Gasteiger partial charge on any atom is 0.253 e. The number of carbonyl (C=O) groups is 1. The molecule has 2 aliphatic rings. The second-order valence-corrected chi connectivity index (χ2v) is 7.12. The third kappa shape index (κ3) is 4.02. The number of nitrogens with one attached hydrogen (secondary N) is 1. The summed E-state index contributed by atoms with van der Waals surface area (Å²) in [5, 5.41) is 3.63. The normalized spacial score (nSPS) is 23.8. The molecule has 138 valence electrons. The van der Waals surface area contributed by atoms with Crippen LogP contribution in [0.4, 0.5) is 0 Å². The Hall–Kier alpha value is -2.04. The molecule has 2 aromatic carbocycles. The highest BCUT2D eigenvalue weighted by atomic mass is 35.5. The molecule has 0 aliphatic carbocycles. The van der Waals surface area contributed by atoms with Gasteiger partial charge >= 0.3 is 0 Å². The number of fused-ring (bicyclic) bond motifs is 2. The summed E-state index contributed by atoms with van der Waals surface area (Å²) < 4.78 is 5.86. The first-order valence-electron chi connectivity index (χ1n) is 9.05. The SMILES string of the molecule is CN(C(=O)c1cccc(Oc2ccccc2)c1)C1CC2CCC(C1)N2.Cl. The zero-order valence-electron chi connectivity index (χ0n) is 14.9. The van der Waals surface area contributed by atoms with Gasteiger partial charge in [0.05, 0.1) is 0 Å². The van der Waals surface area contributed by atoms with Crippen LogP contribution in [0.5, 0.6) is 11.5 Å². The highest BCUT2D eigenvalue weighted by Gasteiger charge is 2.36. The molecule has 1 amide bonds. The number of amides is 1. The van der Waals surface area contributed by atoms with Gasteiger partial charge in [0.25, 0.3) is 5.91 Å². The van der Waals surface area contributed by atoms with E-state index in [2.05, 4.69) is 5.32 Å². The number of hydrogen-bond acceptors (Lipinski definition) is 3. The molecule has 2 aliphatic heterocycles. The first kappa shape index (κ1) is 18.7. The number of carbonyl (C=O) groups excluding carboxylic acids is 1. The fourth-order valence-corrected chi connectivity index (χ4v) is 4.03. The van der Waals surface area contributed by atoms with Crippen LogP contribution in [0.3, 0.4) is 0 Å². The van der Waals surface area contributed by atoms with Crippen molar-refractivity contribution in [1.29, 1.82) is 0 Å². The first-order valence-corrected chi connectivity index (χ1v) is 9.05. The van der Waals surface area contributed by atoms with E-state index in [1.165, 1.54) is 12.8 Å². The van der Waals surface area contributed by atoms with E-state index in [1.807, 2.05) is 66.5 Å². The largest absolute Gasteiger partial charge is 0.457 e. The quantitative estimate of drug-likeness (QED) is 0.872. The molecular weight excluding hydrogens is 348 g/mol. The zero-order valence-corrected chi connectivity index (χ0v) is 15.7. The predicted molar refractivity (Wildman–Crippen MR) is 105 cm³/mol. The number of halogens is 1. The van der Waals surface area contributed by atoms with Crippen molar-refractivity contribution in [3.63, 3.8) is 0 Å². The minimum absolute atomic E-state index is 0. The molecule has 2 atom stereocenters. The topological polar surface area (TPSA) is 41.6 Å². The molecule has 1 N–H and O–H groups in total. The van der Waals surface area contributed by atoms with E-state index >= 15 is 0 Å². The molecule has 2 unspecified atom stereocenters. The van der Waals surface area contributed by atoms with Crippen LogP contribution in [0.15, 0.2) is 54.6 Å². The third-order valence-electron chi connectivity index (χ3n) is 5.38. The summed E-state index contributed by atoms with van der Waals surface area (Å²) in [6.07, 6.45) is 4.59. The molecule has 2 bridgehead atoms. The Labute approximate surface area is 160 Å². The summed E-state index contributed by atoms with van der Waals surface area (Å²) in [7, 11) is 1.93. The molecule has 2 heterocycles. The maximum atomic E-state index is 12.9. The average Bonchev–Trinajstić information content (AvgIpc) is 2.99. The van der Waals surface area contributed by atoms with Crippen LogP contribution in [-0.4, -0.2) is 36.0 Å². The smallest absolute Gasteiger partial charge is 0.253 e. The summed E-state index contributed by atoms with van der Waals surface area (Å²) in [5.41, 5.74) is 0.682. The van der Waals surface area contributed by atoms with Crippen molar-refractivity contribution in [3.05, 3.63) is 60.2 Å². The predicted octanol–water partition coefficient (Wildman–Crippen LogP) is 4.26. The molecule has 2 saturated heterocycles. The maximum absolute atomic E-state index is 12.9. The fourth-order valence-electron chi connectivity index (χ4n) is 4.03. The van der Waals surface area contributed by atoms with Crippen molar-refractivity contribution in [3.8, 4) is 11.5 Å². The Balaban J connectivity index is 0.00000196. The number of piperidine rings is 1. The van der Waals surface area contributed by atoms with E-state index in [0.29, 0.717) is 29.4 Å². The minimum atomic E-state index is 0. The van der Waals surface area contributed by atoms with Gasteiger partial charge in [-0.25, -0.2) is 0 Å². The second kappa shape index (κ2) is 8.11. The van der Waals surface area contributed by atoms with Gasteiger partial charge in [0.15, 0.2) is 0 Å². The van der Waals surface area contributed by atoms with Crippen LogP contribution in [0.25, 0.3) is 0 Å². The molecule has 0 aromatic heterocycles. The standard InChI is InChI=1S/C21H24N2O2.ClH/c1-23(18-13-16-10-11-17(14-18)22-16)21(24)15-6-5-9-20(12-15)25-19-7-3-2-4-8-19;/h2-9,12,16-18,22H,10-11,13-14H2,1H3;1H. The summed E-state index contributed by atoms with van der Waals surface area (Å²) in [6.45, 7) is 0.